The Bertz CT molecular complexity index is 893. The van der Waals surface area contributed by atoms with Gasteiger partial charge >= 0.3 is 5.97 Å². The first-order valence-electron chi connectivity index (χ1n) is 9.04. The third kappa shape index (κ3) is 3.88. The highest BCUT2D eigenvalue weighted by Gasteiger charge is 2.23. The summed E-state index contributed by atoms with van der Waals surface area (Å²) in [6, 6.07) is 9.15. The van der Waals surface area contributed by atoms with Crippen molar-refractivity contribution in [3.05, 3.63) is 41.5 Å². The van der Waals surface area contributed by atoms with Gasteiger partial charge in [-0.05, 0) is 41.8 Å². The summed E-state index contributed by atoms with van der Waals surface area (Å²) >= 11 is 0. The standard InChI is InChI=1S/C21H23NO6/c1-4-9-27-18(23)12-28-19-15(7-8-17(25-2)20(19)26-3)13-5-6-16-14(10-13)11-22-21(16)24/h5-8,10H,4,9,11-12H2,1-3H3,(H,22,24). The van der Waals surface area contributed by atoms with E-state index in [0.717, 1.165) is 23.1 Å². The molecule has 0 aliphatic carbocycles. The first-order chi connectivity index (χ1) is 13.6. The Morgan fingerprint density at radius 3 is 2.57 bits per heavy atom. The van der Waals surface area contributed by atoms with Gasteiger partial charge in [0.05, 0.1) is 20.8 Å². The van der Waals surface area contributed by atoms with Crippen molar-refractivity contribution in [1.29, 1.82) is 0 Å². The Hall–Kier alpha value is -3.22. The lowest BCUT2D eigenvalue weighted by Crippen LogP contribution is -2.16. The second-order valence-electron chi connectivity index (χ2n) is 6.24. The molecule has 1 aliphatic heterocycles. The van der Waals surface area contributed by atoms with Crippen LogP contribution in [0, 0.1) is 0 Å². The van der Waals surface area contributed by atoms with E-state index in [1.165, 1.54) is 14.2 Å². The van der Waals surface area contributed by atoms with Gasteiger partial charge in [-0.1, -0.05) is 13.0 Å². The molecule has 0 saturated carbocycles. The van der Waals surface area contributed by atoms with E-state index in [1.54, 1.807) is 12.1 Å². The van der Waals surface area contributed by atoms with E-state index in [0.29, 0.717) is 36.0 Å². The molecular formula is C21H23NO6. The number of hydrogen-bond acceptors (Lipinski definition) is 6. The van der Waals surface area contributed by atoms with Crippen LogP contribution in [0.4, 0.5) is 0 Å². The molecule has 0 fully saturated rings. The van der Waals surface area contributed by atoms with Crippen molar-refractivity contribution in [1.82, 2.24) is 5.32 Å². The van der Waals surface area contributed by atoms with E-state index in [2.05, 4.69) is 5.32 Å². The first-order valence-corrected chi connectivity index (χ1v) is 9.04. The molecule has 28 heavy (non-hydrogen) atoms. The molecule has 0 radical (unpaired) electrons. The van der Waals surface area contributed by atoms with Crippen LogP contribution >= 0.6 is 0 Å². The maximum Gasteiger partial charge on any atom is 0.344 e. The van der Waals surface area contributed by atoms with Gasteiger partial charge in [0.25, 0.3) is 5.91 Å². The fourth-order valence-electron chi connectivity index (χ4n) is 3.06. The quantitative estimate of drug-likeness (QED) is 0.704. The van der Waals surface area contributed by atoms with E-state index in [9.17, 15) is 9.59 Å². The summed E-state index contributed by atoms with van der Waals surface area (Å²) in [7, 11) is 3.04. The molecule has 2 aromatic rings. The lowest BCUT2D eigenvalue weighted by atomic mass is 9.99. The maximum atomic E-state index is 11.9. The van der Waals surface area contributed by atoms with Crippen molar-refractivity contribution in [3.63, 3.8) is 0 Å². The number of benzene rings is 2. The molecule has 0 saturated heterocycles. The molecule has 0 spiro atoms. The zero-order valence-corrected chi connectivity index (χ0v) is 16.2. The zero-order chi connectivity index (χ0) is 20.1. The normalized spacial score (nSPS) is 12.2. The van der Waals surface area contributed by atoms with Gasteiger partial charge in [0.15, 0.2) is 18.1 Å². The summed E-state index contributed by atoms with van der Waals surface area (Å²) in [6.45, 7) is 2.50. The van der Waals surface area contributed by atoms with Crippen molar-refractivity contribution in [2.75, 3.05) is 27.4 Å². The monoisotopic (exact) mass is 385 g/mol. The Kier molecular flexibility index (Phi) is 6.03. The molecule has 0 unspecified atom stereocenters. The van der Waals surface area contributed by atoms with Gasteiger partial charge in [-0.3, -0.25) is 4.79 Å². The summed E-state index contributed by atoms with van der Waals surface area (Å²) in [5.41, 5.74) is 3.14. The lowest BCUT2D eigenvalue weighted by Gasteiger charge is -2.18. The highest BCUT2D eigenvalue weighted by atomic mass is 16.6. The van der Waals surface area contributed by atoms with Gasteiger partial charge in [-0.15, -0.1) is 0 Å². The molecule has 0 aromatic heterocycles. The first kappa shape index (κ1) is 19.5. The summed E-state index contributed by atoms with van der Waals surface area (Å²) in [6.07, 6.45) is 0.737. The molecule has 0 atom stereocenters. The number of amides is 1. The second-order valence-corrected chi connectivity index (χ2v) is 6.24. The Morgan fingerprint density at radius 2 is 1.86 bits per heavy atom. The van der Waals surface area contributed by atoms with Crippen LogP contribution in [0.15, 0.2) is 30.3 Å². The van der Waals surface area contributed by atoms with Gasteiger partial charge in [0.2, 0.25) is 5.75 Å². The molecule has 1 aliphatic rings. The van der Waals surface area contributed by atoms with Crippen molar-refractivity contribution < 1.29 is 28.5 Å². The minimum absolute atomic E-state index is 0.0796. The molecule has 0 bridgehead atoms. The Labute approximate surface area is 163 Å². The molecule has 148 valence electrons. The smallest absolute Gasteiger partial charge is 0.344 e. The number of methoxy groups -OCH3 is 2. The van der Waals surface area contributed by atoms with Crippen molar-refractivity contribution in [2.24, 2.45) is 0 Å². The zero-order valence-electron chi connectivity index (χ0n) is 16.2. The van der Waals surface area contributed by atoms with E-state index in [-0.39, 0.29) is 12.5 Å². The van der Waals surface area contributed by atoms with Crippen LogP contribution in [0.3, 0.4) is 0 Å². The topological polar surface area (TPSA) is 83.1 Å². The van der Waals surface area contributed by atoms with E-state index in [4.69, 9.17) is 18.9 Å². The van der Waals surface area contributed by atoms with E-state index < -0.39 is 5.97 Å². The minimum Gasteiger partial charge on any atom is -0.493 e. The van der Waals surface area contributed by atoms with Crippen LogP contribution in [-0.2, 0) is 16.1 Å². The summed E-state index contributed by atoms with van der Waals surface area (Å²) in [5, 5.41) is 2.80. The van der Waals surface area contributed by atoms with Crippen LogP contribution in [0.2, 0.25) is 0 Å². The SMILES string of the molecule is CCCOC(=O)COc1c(-c2ccc3c(c2)CNC3=O)ccc(OC)c1OC. The van der Waals surface area contributed by atoms with Gasteiger partial charge < -0.3 is 24.3 Å². The average molecular weight is 385 g/mol. The molecule has 7 heteroatoms. The van der Waals surface area contributed by atoms with Gasteiger partial charge in [-0.25, -0.2) is 4.79 Å². The van der Waals surface area contributed by atoms with Crippen LogP contribution in [0.5, 0.6) is 17.2 Å². The molecule has 2 aromatic carbocycles. The van der Waals surface area contributed by atoms with E-state index in [1.807, 2.05) is 25.1 Å². The summed E-state index contributed by atoms with van der Waals surface area (Å²) < 4.78 is 21.7. The fourth-order valence-corrected chi connectivity index (χ4v) is 3.06. The highest BCUT2D eigenvalue weighted by molar-refractivity contribution is 5.99. The van der Waals surface area contributed by atoms with Gasteiger partial charge in [0, 0.05) is 17.7 Å². The molecule has 1 amide bonds. The van der Waals surface area contributed by atoms with Crippen molar-refractivity contribution in [2.45, 2.75) is 19.9 Å². The van der Waals surface area contributed by atoms with Crippen LogP contribution < -0.4 is 19.5 Å². The predicted molar refractivity (Wildman–Crippen MR) is 103 cm³/mol. The summed E-state index contributed by atoms with van der Waals surface area (Å²) in [4.78, 5) is 23.7. The minimum atomic E-state index is -0.457. The van der Waals surface area contributed by atoms with Crippen LogP contribution in [0.1, 0.15) is 29.3 Å². The third-order valence-corrected chi connectivity index (χ3v) is 4.40. The molecule has 1 heterocycles. The number of esters is 1. The molecular weight excluding hydrogens is 362 g/mol. The Balaban J connectivity index is 1.98. The number of fused-ring (bicyclic) bond motifs is 1. The average Bonchev–Trinajstić information content (AvgIpc) is 3.09. The number of carbonyl (C=O) groups excluding carboxylic acids is 2. The molecule has 7 nitrogen and oxygen atoms in total. The Morgan fingerprint density at radius 1 is 1.07 bits per heavy atom. The van der Waals surface area contributed by atoms with E-state index >= 15 is 0 Å². The number of hydrogen-bond donors (Lipinski definition) is 1. The number of carbonyl (C=O) groups is 2. The summed E-state index contributed by atoms with van der Waals surface area (Å²) in [5.74, 6) is 0.720. The largest absolute Gasteiger partial charge is 0.493 e. The third-order valence-electron chi connectivity index (χ3n) is 4.40. The molecule has 3 rings (SSSR count). The van der Waals surface area contributed by atoms with Gasteiger partial charge in [-0.2, -0.15) is 0 Å². The van der Waals surface area contributed by atoms with Crippen molar-refractivity contribution >= 4 is 11.9 Å². The number of rotatable bonds is 8. The van der Waals surface area contributed by atoms with Crippen LogP contribution in [-0.4, -0.2) is 39.3 Å². The van der Waals surface area contributed by atoms with Gasteiger partial charge in [0.1, 0.15) is 0 Å². The number of ether oxygens (including phenoxy) is 4. The highest BCUT2D eigenvalue weighted by Crippen LogP contribution is 2.44. The predicted octanol–water partition coefficient (Wildman–Crippen LogP) is 2.95. The number of nitrogens with one attached hydrogen (secondary N) is 1. The fraction of sp³-hybridized carbons (Fsp3) is 0.333. The second kappa shape index (κ2) is 8.65. The van der Waals surface area contributed by atoms with Crippen LogP contribution in [0.25, 0.3) is 11.1 Å². The lowest BCUT2D eigenvalue weighted by molar-refractivity contribution is -0.146. The maximum absolute atomic E-state index is 11.9. The molecule has 1 N–H and O–H groups in total. The van der Waals surface area contributed by atoms with Crippen molar-refractivity contribution in [3.8, 4) is 28.4 Å².